The molecule has 0 saturated carbocycles. The number of nitrogens with one attached hydrogen (secondary N) is 1. The van der Waals surface area contributed by atoms with Crippen molar-refractivity contribution in [3.63, 3.8) is 0 Å². The number of aliphatic carboxylic acids is 1. The smallest absolute Gasteiger partial charge is 0.303 e. The minimum absolute atomic E-state index is 0.0760. The number of carboxylic acids is 1. The van der Waals surface area contributed by atoms with Crippen LogP contribution < -0.4 is 5.32 Å². The second-order valence-electron chi connectivity index (χ2n) is 5.60. The Morgan fingerprint density at radius 1 is 1.19 bits per heavy atom. The molecule has 0 aliphatic carbocycles. The number of benzene rings is 1. The minimum atomic E-state index is -1.17. The lowest BCUT2D eigenvalue weighted by Gasteiger charge is -2.42. The molecule has 1 aromatic carbocycles. The Bertz CT molecular complexity index is 446. The van der Waals surface area contributed by atoms with Crippen molar-refractivity contribution in [3.8, 4) is 0 Å². The van der Waals surface area contributed by atoms with Crippen LogP contribution in [0.2, 0.25) is 0 Å². The lowest BCUT2D eigenvalue weighted by molar-refractivity contribution is -0.138. The van der Waals surface area contributed by atoms with Crippen molar-refractivity contribution in [1.29, 1.82) is 0 Å². The zero-order valence-electron chi connectivity index (χ0n) is 12.3. The van der Waals surface area contributed by atoms with Crippen LogP contribution >= 0.6 is 0 Å². The zero-order valence-corrected chi connectivity index (χ0v) is 12.3. The van der Waals surface area contributed by atoms with Gasteiger partial charge in [-0.2, -0.15) is 0 Å². The van der Waals surface area contributed by atoms with Gasteiger partial charge in [0, 0.05) is 31.6 Å². The summed E-state index contributed by atoms with van der Waals surface area (Å²) in [5.41, 5.74) is 0.848. The fourth-order valence-corrected chi connectivity index (χ4v) is 2.80. The van der Waals surface area contributed by atoms with Gasteiger partial charge in [0.1, 0.15) is 0 Å². The molecule has 5 heteroatoms. The van der Waals surface area contributed by atoms with Crippen molar-refractivity contribution in [1.82, 2.24) is 4.90 Å². The number of piperidine rings is 1. The van der Waals surface area contributed by atoms with Crippen molar-refractivity contribution in [2.75, 3.05) is 18.4 Å². The van der Waals surface area contributed by atoms with Gasteiger partial charge in [-0.15, -0.1) is 0 Å². The van der Waals surface area contributed by atoms with Gasteiger partial charge in [-0.1, -0.05) is 24.6 Å². The first-order valence-electron chi connectivity index (χ1n) is 7.63. The van der Waals surface area contributed by atoms with Crippen LogP contribution in [0.3, 0.4) is 0 Å². The highest BCUT2D eigenvalue weighted by Gasteiger charge is 2.34. The predicted octanol–water partition coefficient (Wildman–Crippen LogP) is 2.49. The maximum Gasteiger partial charge on any atom is 0.303 e. The van der Waals surface area contributed by atoms with Gasteiger partial charge < -0.3 is 15.5 Å². The Hall–Kier alpha value is -1.59. The molecular formula is C16H24N2O3. The SMILES string of the molecule is O=C(O)CCC[C@](O)(Nc1ccccc1)N1CCCCC1. The standard InChI is InChI=1S/C16H24N2O3/c19-15(20)10-7-11-16(21,18-12-5-2-6-13-18)17-14-8-3-1-4-9-14/h1,3-4,8-9,17,21H,2,5-7,10-13H2,(H,19,20)/t16-/m0/s1. The number of aliphatic hydroxyl groups is 1. The van der Waals surface area contributed by atoms with Crippen LogP contribution in [0.4, 0.5) is 5.69 Å². The molecule has 1 fully saturated rings. The van der Waals surface area contributed by atoms with Gasteiger partial charge >= 0.3 is 5.97 Å². The number of hydrogen-bond acceptors (Lipinski definition) is 4. The summed E-state index contributed by atoms with van der Waals surface area (Å²) in [6.07, 6.45) is 4.24. The molecule has 0 amide bonds. The summed E-state index contributed by atoms with van der Waals surface area (Å²) >= 11 is 0. The molecule has 1 saturated heterocycles. The molecule has 1 heterocycles. The Balaban J connectivity index is 2.06. The average Bonchev–Trinajstić information content (AvgIpc) is 2.49. The first-order valence-corrected chi connectivity index (χ1v) is 7.63. The summed E-state index contributed by atoms with van der Waals surface area (Å²) in [7, 11) is 0. The van der Waals surface area contributed by atoms with E-state index in [1.54, 1.807) is 0 Å². The average molecular weight is 292 g/mol. The van der Waals surface area contributed by atoms with E-state index in [0.29, 0.717) is 12.8 Å². The van der Waals surface area contributed by atoms with E-state index in [4.69, 9.17) is 5.11 Å². The summed E-state index contributed by atoms with van der Waals surface area (Å²) in [6.45, 7) is 1.67. The van der Waals surface area contributed by atoms with Crippen molar-refractivity contribution in [2.45, 2.75) is 44.4 Å². The lowest BCUT2D eigenvalue weighted by atomic mass is 10.1. The second kappa shape index (κ2) is 7.43. The Kier molecular flexibility index (Phi) is 5.59. The quantitative estimate of drug-likeness (QED) is 0.673. The normalized spacial score (nSPS) is 18.9. The Morgan fingerprint density at radius 3 is 2.48 bits per heavy atom. The highest BCUT2D eigenvalue weighted by molar-refractivity contribution is 5.66. The molecular weight excluding hydrogens is 268 g/mol. The molecule has 3 N–H and O–H groups in total. The lowest BCUT2D eigenvalue weighted by Crippen LogP contribution is -2.56. The summed E-state index contributed by atoms with van der Waals surface area (Å²) in [4.78, 5) is 12.7. The molecule has 1 aromatic rings. The summed E-state index contributed by atoms with van der Waals surface area (Å²) in [6, 6.07) is 9.57. The van der Waals surface area contributed by atoms with Crippen LogP contribution in [0.15, 0.2) is 30.3 Å². The number of rotatable bonds is 7. The Morgan fingerprint density at radius 2 is 1.86 bits per heavy atom. The topological polar surface area (TPSA) is 72.8 Å². The largest absolute Gasteiger partial charge is 0.481 e. The molecule has 1 aliphatic rings. The van der Waals surface area contributed by atoms with E-state index < -0.39 is 11.8 Å². The van der Waals surface area contributed by atoms with Crippen LogP contribution in [0.5, 0.6) is 0 Å². The number of para-hydroxylation sites is 1. The third-order valence-corrected chi connectivity index (χ3v) is 3.91. The Labute approximate surface area is 125 Å². The zero-order chi connectivity index (χ0) is 15.1. The van der Waals surface area contributed by atoms with Crippen LogP contribution in [0.25, 0.3) is 0 Å². The summed E-state index contributed by atoms with van der Waals surface area (Å²) < 4.78 is 0. The van der Waals surface area contributed by atoms with Crippen LogP contribution in [0.1, 0.15) is 38.5 Å². The third kappa shape index (κ3) is 4.72. The molecule has 0 unspecified atom stereocenters. The van der Waals surface area contributed by atoms with Gasteiger partial charge in [0.15, 0.2) is 5.85 Å². The number of likely N-dealkylation sites (tertiary alicyclic amines) is 1. The molecule has 0 radical (unpaired) electrons. The maximum absolute atomic E-state index is 11.0. The number of anilines is 1. The monoisotopic (exact) mass is 292 g/mol. The van der Waals surface area contributed by atoms with Gasteiger partial charge in [-0.25, -0.2) is 0 Å². The van der Waals surface area contributed by atoms with E-state index in [2.05, 4.69) is 5.32 Å². The van der Waals surface area contributed by atoms with Crippen LogP contribution in [-0.4, -0.2) is 40.0 Å². The maximum atomic E-state index is 11.0. The molecule has 2 rings (SSSR count). The molecule has 1 atom stereocenters. The third-order valence-electron chi connectivity index (χ3n) is 3.91. The molecule has 5 nitrogen and oxygen atoms in total. The second-order valence-corrected chi connectivity index (χ2v) is 5.60. The first-order chi connectivity index (χ1) is 10.1. The van der Waals surface area contributed by atoms with E-state index in [1.165, 1.54) is 6.42 Å². The molecule has 116 valence electrons. The van der Waals surface area contributed by atoms with Gasteiger partial charge in [0.2, 0.25) is 0 Å². The minimum Gasteiger partial charge on any atom is -0.481 e. The van der Waals surface area contributed by atoms with E-state index in [-0.39, 0.29) is 6.42 Å². The van der Waals surface area contributed by atoms with E-state index in [1.807, 2.05) is 35.2 Å². The highest BCUT2D eigenvalue weighted by Crippen LogP contribution is 2.26. The predicted molar refractivity (Wildman–Crippen MR) is 81.9 cm³/mol. The molecule has 0 bridgehead atoms. The molecule has 1 aliphatic heterocycles. The molecule has 0 spiro atoms. The van der Waals surface area contributed by atoms with Crippen molar-refractivity contribution < 1.29 is 15.0 Å². The number of carboxylic acid groups (broad SMARTS) is 1. The molecule has 0 aromatic heterocycles. The van der Waals surface area contributed by atoms with Crippen molar-refractivity contribution in [2.24, 2.45) is 0 Å². The van der Waals surface area contributed by atoms with E-state index >= 15 is 0 Å². The van der Waals surface area contributed by atoms with Gasteiger partial charge in [0.25, 0.3) is 0 Å². The highest BCUT2D eigenvalue weighted by atomic mass is 16.4. The van der Waals surface area contributed by atoms with E-state index in [9.17, 15) is 9.90 Å². The number of hydrogen-bond donors (Lipinski definition) is 3. The fourth-order valence-electron chi connectivity index (χ4n) is 2.80. The number of carbonyl (C=O) groups is 1. The summed E-state index contributed by atoms with van der Waals surface area (Å²) in [5.74, 6) is -1.99. The van der Waals surface area contributed by atoms with E-state index in [0.717, 1.165) is 31.6 Å². The van der Waals surface area contributed by atoms with Gasteiger partial charge in [0.05, 0.1) is 0 Å². The van der Waals surface area contributed by atoms with Crippen molar-refractivity contribution in [3.05, 3.63) is 30.3 Å². The fraction of sp³-hybridized carbons (Fsp3) is 0.562. The first kappa shape index (κ1) is 15.8. The molecule has 21 heavy (non-hydrogen) atoms. The van der Waals surface area contributed by atoms with Crippen LogP contribution in [0, 0.1) is 0 Å². The summed E-state index contributed by atoms with van der Waals surface area (Å²) in [5, 5.41) is 23.0. The number of nitrogens with zero attached hydrogens (tertiary/aromatic N) is 1. The van der Waals surface area contributed by atoms with Crippen LogP contribution in [-0.2, 0) is 4.79 Å². The van der Waals surface area contributed by atoms with Crippen molar-refractivity contribution >= 4 is 11.7 Å². The van der Waals surface area contributed by atoms with Gasteiger partial charge in [-0.3, -0.25) is 9.69 Å². The van der Waals surface area contributed by atoms with Gasteiger partial charge in [-0.05, 0) is 31.4 Å².